The molecule has 0 aliphatic heterocycles. The van der Waals surface area contributed by atoms with Crippen LogP contribution in [0.5, 0.6) is 0 Å². The predicted octanol–water partition coefficient (Wildman–Crippen LogP) is 5.47. The van der Waals surface area contributed by atoms with Crippen LogP contribution >= 0.6 is 23.1 Å². The highest BCUT2D eigenvalue weighted by Gasteiger charge is 2.35. The summed E-state index contributed by atoms with van der Waals surface area (Å²) in [5.74, 6) is -2.13. The van der Waals surface area contributed by atoms with Crippen molar-refractivity contribution in [2.24, 2.45) is 11.8 Å². The number of aryl methyl sites for hydroxylation is 2. The Morgan fingerprint density at radius 3 is 2.56 bits per heavy atom. The lowest BCUT2D eigenvalue weighted by Crippen LogP contribution is -2.36. The van der Waals surface area contributed by atoms with Gasteiger partial charge in [-0.3, -0.25) is 14.4 Å². The van der Waals surface area contributed by atoms with E-state index in [0.717, 1.165) is 44.2 Å². The average molecular weight is 498 g/mol. The van der Waals surface area contributed by atoms with E-state index in [0.29, 0.717) is 18.5 Å². The van der Waals surface area contributed by atoms with E-state index < -0.39 is 17.8 Å². The van der Waals surface area contributed by atoms with Gasteiger partial charge in [-0.05, 0) is 56.5 Å². The summed E-state index contributed by atoms with van der Waals surface area (Å²) in [6, 6.07) is 11.4. The summed E-state index contributed by atoms with van der Waals surface area (Å²) in [4.78, 5) is 41.3. The maximum atomic E-state index is 12.8. The molecule has 1 aliphatic rings. The monoisotopic (exact) mass is 497 g/mol. The van der Waals surface area contributed by atoms with Crippen LogP contribution in [0.4, 0.5) is 11.4 Å². The average Bonchev–Trinajstić information content (AvgIpc) is 3.22. The zero-order chi connectivity index (χ0) is 24.2. The van der Waals surface area contributed by atoms with Gasteiger partial charge in [-0.2, -0.15) is 0 Å². The van der Waals surface area contributed by atoms with Gasteiger partial charge in [0.1, 0.15) is 0 Å². The topological polar surface area (TPSA) is 108 Å². The number of carboxylic acid groups (broad SMARTS) is 1. The first-order valence-corrected chi connectivity index (χ1v) is 13.0. The smallest absolute Gasteiger partial charge is 0.307 e. The summed E-state index contributed by atoms with van der Waals surface area (Å²) < 4.78 is 1.67. The molecule has 2 aromatic carbocycles. The Kier molecular flexibility index (Phi) is 7.53. The lowest BCUT2D eigenvalue weighted by molar-refractivity contribution is -0.147. The van der Waals surface area contributed by atoms with E-state index in [2.05, 4.69) is 15.6 Å². The molecule has 1 fully saturated rings. The highest BCUT2D eigenvalue weighted by atomic mass is 32.2. The van der Waals surface area contributed by atoms with Gasteiger partial charge in [0.15, 0.2) is 4.34 Å². The normalized spacial score (nSPS) is 17.9. The van der Waals surface area contributed by atoms with Crippen molar-refractivity contribution in [3.05, 3.63) is 47.5 Å². The second-order valence-corrected chi connectivity index (χ2v) is 10.9. The number of carboxylic acids is 1. The number of hydrogen-bond acceptors (Lipinski definition) is 6. The molecule has 0 spiro atoms. The molecule has 4 rings (SSSR count). The molecule has 1 saturated carbocycles. The van der Waals surface area contributed by atoms with Gasteiger partial charge in [-0.1, -0.05) is 42.3 Å². The van der Waals surface area contributed by atoms with Crippen LogP contribution in [-0.4, -0.2) is 33.6 Å². The van der Waals surface area contributed by atoms with Gasteiger partial charge in [0.2, 0.25) is 11.8 Å². The lowest BCUT2D eigenvalue weighted by atomic mass is 9.78. The van der Waals surface area contributed by atoms with Crippen LogP contribution < -0.4 is 10.6 Å². The van der Waals surface area contributed by atoms with Crippen LogP contribution in [0.1, 0.15) is 36.8 Å². The Morgan fingerprint density at radius 2 is 1.82 bits per heavy atom. The van der Waals surface area contributed by atoms with Crippen LogP contribution in [0, 0.1) is 25.7 Å². The number of hydrogen-bond donors (Lipinski definition) is 3. The summed E-state index contributed by atoms with van der Waals surface area (Å²) in [6.45, 7) is 3.98. The van der Waals surface area contributed by atoms with E-state index >= 15 is 0 Å². The highest BCUT2D eigenvalue weighted by Crippen LogP contribution is 2.34. The molecule has 1 aromatic heterocycles. The first-order chi connectivity index (χ1) is 16.3. The van der Waals surface area contributed by atoms with Crippen molar-refractivity contribution in [1.29, 1.82) is 0 Å². The number of thioether (sulfide) groups is 1. The summed E-state index contributed by atoms with van der Waals surface area (Å²) in [5, 5.41) is 15.3. The zero-order valence-corrected chi connectivity index (χ0v) is 20.7. The minimum atomic E-state index is -0.902. The molecule has 1 aliphatic carbocycles. The van der Waals surface area contributed by atoms with Crippen molar-refractivity contribution < 1.29 is 19.5 Å². The van der Waals surface area contributed by atoms with E-state index in [4.69, 9.17) is 0 Å². The van der Waals surface area contributed by atoms with Gasteiger partial charge in [-0.15, -0.1) is 11.3 Å². The minimum absolute atomic E-state index is 0.0929. The third kappa shape index (κ3) is 5.77. The standard InChI is InChI=1S/C25H27N3O4S2/c1-14-7-9-19(15(2)11-14)27-22(29)13-33-25-28-20-10-8-16(12-21(20)34-25)26-23(30)17-5-3-4-6-18(17)24(31)32/h7-12,17-18H,3-6,13H2,1-2H3,(H,26,30)(H,27,29)(H,31,32)/t17-,18+/m1/s1. The Balaban J connectivity index is 1.37. The molecule has 0 radical (unpaired) electrons. The largest absolute Gasteiger partial charge is 0.481 e. The van der Waals surface area contributed by atoms with Crippen molar-refractivity contribution in [2.45, 2.75) is 43.9 Å². The Labute approximate surface area is 206 Å². The van der Waals surface area contributed by atoms with E-state index in [9.17, 15) is 19.5 Å². The maximum absolute atomic E-state index is 12.8. The van der Waals surface area contributed by atoms with Crippen LogP contribution in [0.25, 0.3) is 10.2 Å². The molecule has 3 N–H and O–H groups in total. The summed E-state index contributed by atoms with van der Waals surface area (Å²) >= 11 is 2.83. The van der Waals surface area contributed by atoms with Crippen molar-refractivity contribution >= 4 is 62.5 Å². The fourth-order valence-electron chi connectivity index (χ4n) is 4.29. The van der Waals surface area contributed by atoms with Crippen LogP contribution in [0.3, 0.4) is 0 Å². The predicted molar refractivity (Wildman–Crippen MR) is 137 cm³/mol. The Hall–Kier alpha value is -2.91. The molecule has 2 atom stereocenters. The number of amides is 2. The van der Waals surface area contributed by atoms with Gasteiger partial charge >= 0.3 is 5.97 Å². The van der Waals surface area contributed by atoms with Gasteiger partial charge in [0.05, 0.1) is 27.8 Å². The molecule has 7 nitrogen and oxygen atoms in total. The number of aliphatic carboxylic acids is 1. The molecule has 2 amide bonds. The third-order valence-electron chi connectivity index (χ3n) is 6.04. The minimum Gasteiger partial charge on any atom is -0.481 e. The number of nitrogens with zero attached hydrogens (tertiary/aromatic N) is 1. The number of carbonyl (C=O) groups excluding carboxylic acids is 2. The molecule has 9 heteroatoms. The number of aromatic nitrogens is 1. The number of carbonyl (C=O) groups is 3. The first kappa shape index (κ1) is 24.2. The van der Waals surface area contributed by atoms with Crippen LogP contribution in [-0.2, 0) is 14.4 Å². The molecule has 178 valence electrons. The number of anilines is 2. The third-order valence-corrected chi connectivity index (χ3v) is 8.20. The number of thiazole rings is 1. The van der Waals surface area contributed by atoms with Crippen LogP contribution in [0.15, 0.2) is 40.7 Å². The van der Waals surface area contributed by atoms with Crippen molar-refractivity contribution in [3.63, 3.8) is 0 Å². The van der Waals surface area contributed by atoms with Crippen molar-refractivity contribution in [2.75, 3.05) is 16.4 Å². The number of nitrogens with one attached hydrogen (secondary N) is 2. The first-order valence-electron chi connectivity index (χ1n) is 11.2. The van der Waals surface area contributed by atoms with E-state index in [1.165, 1.54) is 23.1 Å². The maximum Gasteiger partial charge on any atom is 0.307 e. The molecular weight excluding hydrogens is 470 g/mol. The molecule has 3 aromatic rings. The van der Waals surface area contributed by atoms with Gasteiger partial charge in [-0.25, -0.2) is 4.98 Å². The van der Waals surface area contributed by atoms with E-state index in [-0.39, 0.29) is 17.6 Å². The quantitative estimate of drug-likeness (QED) is 0.373. The van der Waals surface area contributed by atoms with Crippen molar-refractivity contribution in [3.8, 4) is 0 Å². The summed E-state index contributed by atoms with van der Waals surface area (Å²) in [6.07, 6.45) is 2.85. The molecular formula is C25H27N3O4S2. The molecule has 0 bridgehead atoms. The number of fused-ring (bicyclic) bond motifs is 1. The van der Waals surface area contributed by atoms with Gasteiger partial charge in [0.25, 0.3) is 0 Å². The SMILES string of the molecule is Cc1ccc(NC(=O)CSc2nc3ccc(NC(=O)[C@@H]4CCCC[C@@H]4C(=O)O)cc3s2)c(C)c1. The second kappa shape index (κ2) is 10.6. The second-order valence-electron chi connectivity index (χ2n) is 8.64. The highest BCUT2D eigenvalue weighted by molar-refractivity contribution is 8.01. The van der Waals surface area contributed by atoms with E-state index in [1.807, 2.05) is 44.2 Å². The molecule has 34 heavy (non-hydrogen) atoms. The number of rotatable bonds is 7. The van der Waals surface area contributed by atoms with E-state index in [1.54, 1.807) is 6.07 Å². The van der Waals surface area contributed by atoms with Gasteiger partial charge < -0.3 is 15.7 Å². The summed E-state index contributed by atoms with van der Waals surface area (Å²) in [5.41, 5.74) is 4.40. The Morgan fingerprint density at radius 1 is 1.06 bits per heavy atom. The van der Waals surface area contributed by atoms with Crippen LogP contribution in [0.2, 0.25) is 0 Å². The number of benzene rings is 2. The molecule has 0 saturated heterocycles. The zero-order valence-electron chi connectivity index (χ0n) is 19.1. The lowest BCUT2D eigenvalue weighted by Gasteiger charge is -2.27. The molecule has 1 heterocycles. The molecule has 0 unspecified atom stereocenters. The fourth-order valence-corrected chi connectivity index (χ4v) is 6.19. The summed E-state index contributed by atoms with van der Waals surface area (Å²) in [7, 11) is 0. The van der Waals surface area contributed by atoms with Gasteiger partial charge in [0, 0.05) is 11.4 Å². The fraction of sp³-hybridized carbons (Fsp3) is 0.360. The van der Waals surface area contributed by atoms with Crippen molar-refractivity contribution in [1.82, 2.24) is 4.98 Å². The Bertz CT molecular complexity index is 1240.